The number of rotatable bonds is 9. The van der Waals surface area contributed by atoms with Gasteiger partial charge >= 0.3 is 6.09 Å². The molecule has 49 heavy (non-hydrogen) atoms. The molecule has 1 fully saturated rings. The smallest absolute Gasteiger partial charge is 0.407 e. The number of anilines is 1. The standard InChI is InChI=1S/C37H54N8O3Si/c1-11-24-18-29(48-49(9,10)37(5,6)7)16-17-31(24)43-34(38)30-21-40-45-23-25(26-20-39-44(8)22-26)19-32(45)33(30)41-27-12-14-28(15-13-27)42-35(46)47-36(2,3)4/h16-23,27-28,41H,11-15H2,1-10H3,(H2,38,43)(H,42,46)/t27-,28-. The fraction of sp³-hybridized carbons (Fsp3) is 0.514. The van der Waals surface area contributed by atoms with E-state index in [1.54, 1.807) is 10.9 Å². The average Bonchev–Trinajstić information content (AvgIpc) is 3.63. The number of hydrogen-bond donors (Lipinski definition) is 3. The summed E-state index contributed by atoms with van der Waals surface area (Å²) in [6.45, 7) is 19.0. The van der Waals surface area contributed by atoms with Crippen LogP contribution in [0.15, 0.2) is 54.0 Å². The number of carbonyl (C=O) groups excluding carboxylic acids is 1. The van der Waals surface area contributed by atoms with Gasteiger partial charge in [-0.25, -0.2) is 14.3 Å². The van der Waals surface area contributed by atoms with Crippen LogP contribution in [0.25, 0.3) is 16.6 Å². The van der Waals surface area contributed by atoms with Crippen LogP contribution in [-0.4, -0.2) is 57.3 Å². The number of aryl methyl sites for hydroxylation is 2. The third-order valence-electron chi connectivity index (χ3n) is 9.60. The molecule has 0 bridgehead atoms. The molecule has 5 rings (SSSR count). The highest BCUT2D eigenvalue weighted by atomic mass is 28.4. The quantitative estimate of drug-likeness (QED) is 0.0924. The third-order valence-corrected chi connectivity index (χ3v) is 14.0. The van der Waals surface area contributed by atoms with Gasteiger partial charge in [0.1, 0.15) is 17.2 Å². The van der Waals surface area contributed by atoms with Crippen LogP contribution in [0.2, 0.25) is 18.1 Å². The zero-order chi connectivity index (χ0) is 35.7. The number of nitrogens with two attached hydrogens (primary N) is 1. The predicted molar refractivity (Wildman–Crippen MR) is 200 cm³/mol. The molecule has 1 aliphatic rings. The van der Waals surface area contributed by atoms with E-state index in [9.17, 15) is 4.79 Å². The van der Waals surface area contributed by atoms with Gasteiger partial charge in [-0.1, -0.05) is 27.7 Å². The molecule has 1 aromatic carbocycles. The van der Waals surface area contributed by atoms with Gasteiger partial charge in [-0.2, -0.15) is 10.2 Å². The molecule has 4 N–H and O–H groups in total. The maximum atomic E-state index is 12.4. The topological polar surface area (TPSA) is 133 Å². The van der Waals surface area contributed by atoms with E-state index in [-0.39, 0.29) is 23.2 Å². The van der Waals surface area contributed by atoms with E-state index in [0.29, 0.717) is 5.84 Å². The fourth-order valence-corrected chi connectivity index (χ4v) is 6.87. The van der Waals surface area contributed by atoms with Gasteiger partial charge in [0.05, 0.1) is 34.8 Å². The van der Waals surface area contributed by atoms with Gasteiger partial charge in [0.2, 0.25) is 8.32 Å². The summed E-state index contributed by atoms with van der Waals surface area (Å²) < 4.78 is 15.7. The van der Waals surface area contributed by atoms with E-state index in [2.05, 4.69) is 68.7 Å². The van der Waals surface area contributed by atoms with Crippen LogP contribution in [0, 0.1) is 0 Å². The molecule has 0 atom stereocenters. The van der Waals surface area contributed by atoms with Gasteiger partial charge in [-0.05, 0) is 101 Å². The van der Waals surface area contributed by atoms with Crippen molar-refractivity contribution in [2.75, 3.05) is 5.32 Å². The number of alkyl carbamates (subject to hydrolysis) is 1. The molecule has 0 spiro atoms. The van der Waals surface area contributed by atoms with Crippen molar-refractivity contribution < 1.29 is 14.0 Å². The molecule has 0 radical (unpaired) electrons. The Hall–Kier alpha value is -4.32. The Morgan fingerprint density at radius 1 is 1.00 bits per heavy atom. The molecular formula is C37H54N8O3Si. The van der Waals surface area contributed by atoms with Crippen molar-refractivity contribution in [2.24, 2.45) is 17.8 Å². The number of nitrogens with one attached hydrogen (secondary N) is 2. The first-order chi connectivity index (χ1) is 22.9. The predicted octanol–water partition coefficient (Wildman–Crippen LogP) is 7.97. The zero-order valence-electron chi connectivity index (χ0n) is 30.8. The lowest BCUT2D eigenvalue weighted by molar-refractivity contribution is 0.0492. The van der Waals surface area contributed by atoms with Crippen molar-refractivity contribution in [3.63, 3.8) is 0 Å². The fourth-order valence-electron chi connectivity index (χ4n) is 5.85. The number of carbonyl (C=O) groups is 1. The monoisotopic (exact) mass is 686 g/mol. The molecular weight excluding hydrogens is 633 g/mol. The van der Waals surface area contributed by atoms with Crippen molar-refractivity contribution in [2.45, 2.75) is 116 Å². The molecule has 4 aromatic rings. The zero-order valence-corrected chi connectivity index (χ0v) is 31.8. The largest absolute Gasteiger partial charge is 0.543 e. The Kier molecular flexibility index (Phi) is 10.2. The number of nitrogens with zero attached hydrogens (tertiary/aromatic N) is 5. The highest BCUT2D eigenvalue weighted by Gasteiger charge is 2.39. The third kappa shape index (κ3) is 8.65. The van der Waals surface area contributed by atoms with Crippen LogP contribution in [0.5, 0.6) is 5.75 Å². The first kappa shape index (κ1) is 36.0. The summed E-state index contributed by atoms with van der Waals surface area (Å²) in [6, 6.07) is 8.46. The summed E-state index contributed by atoms with van der Waals surface area (Å²) in [5.74, 6) is 1.26. The second-order valence-corrected chi connectivity index (χ2v) is 20.5. The normalized spacial score (nSPS) is 17.6. The molecule has 0 unspecified atom stereocenters. The van der Waals surface area contributed by atoms with Gasteiger partial charge in [0, 0.05) is 42.7 Å². The minimum atomic E-state index is -1.99. The molecule has 264 valence electrons. The van der Waals surface area contributed by atoms with Crippen LogP contribution in [-0.2, 0) is 18.2 Å². The number of ether oxygens (including phenoxy) is 1. The van der Waals surface area contributed by atoms with Crippen molar-refractivity contribution in [1.82, 2.24) is 24.7 Å². The molecule has 11 nitrogen and oxygen atoms in total. The summed E-state index contributed by atoms with van der Waals surface area (Å²) in [4.78, 5) is 17.4. The number of fused-ring (bicyclic) bond motifs is 1. The second-order valence-electron chi connectivity index (χ2n) is 15.7. The lowest BCUT2D eigenvalue weighted by Gasteiger charge is -2.36. The highest BCUT2D eigenvalue weighted by Crippen LogP contribution is 2.39. The van der Waals surface area contributed by atoms with Crippen molar-refractivity contribution in [3.05, 3.63) is 60.2 Å². The summed E-state index contributed by atoms with van der Waals surface area (Å²) >= 11 is 0. The van der Waals surface area contributed by atoms with E-state index in [4.69, 9.17) is 25.0 Å². The Bertz CT molecular complexity index is 1820. The molecule has 1 amide bonds. The Labute approximate surface area is 291 Å². The van der Waals surface area contributed by atoms with Crippen molar-refractivity contribution >= 4 is 37.1 Å². The van der Waals surface area contributed by atoms with Gasteiger partial charge in [0.25, 0.3) is 0 Å². The maximum Gasteiger partial charge on any atom is 0.407 e. The molecule has 1 aliphatic carbocycles. The molecule has 0 saturated heterocycles. The minimum Gasteiger partial charge on any atom is -0.543 e. The maximum absolute atomic E-state index is 12.4. The molecule has 3 aromatic heterocycles. The van der Waals surface area contributed by atoms with Crippen LogP contribution >= 0.6 is 0 Å². The molecule has 3 heterocycles. The van der Waals surface area contributed by atoms with Gasteiger partial charge in [0.15, 0.2) is 0 Å². The Morgan fingerprint density at radius 2 is 1.69 bits per heavy atom. The lowest BCUT2D eigenvalue weighted by atomic mass is 9.91. The van der Waals surface area contributed by atoms with Gasteiger partial charge in [-0.15, -0.1) is 0 Å². The SMILES string of the molecule is CCc1cc(O[Si](C)(C)C(C)(C)C)ccc1/N=C(\N)c1cnn2cc(-c3cnn(C)c3)cc2c1N[C@H]1CC[C@H](NC(=O)OC(C)(C)C)CC1. The van der Waals surface area contributed by atoms with Gasteiger partial charge in [-0.3, -0.25) is 4.68 Å². The first-order valence-corrected chi connectivity index (χ1v) is 20.3. The molecule has 0 aliphatic heterocycles. The Morgan fingerprint density at radius 3 is 2.31 bits per heavy atom. The van der Waals surface area contributed by atoms with Crippen LogP contribution in [0.4, 0.5) is 16.2 Å². The van der Waals surface area contributed by atoms with E-state index in [1.807, 2.05) is 63.1 Å². The number of aliphatic imine (C=N–C) groups is 1. The Balaban J connectivity index is 1.45. The number of aromatic nitrogens is 4. The molecule has 1 saturated carbocycles. The van der Waals surface area contributed by atoms with E-state index in [1.165, 1.54) is 0 Å². The number of benzene rings is 1. The van der Waals surface area contributed by atoms with E-state index < -0.39 is 13.9 Å². The number of amidine groups is 1. The second kappa shape index (κ2) is 13.9. The average molecular weight is 687 g/mol. The highest BCUT2D eigenvalue weighted by molar-refractivity contribution is 6.74. The first-order valence-electron chi connectivity index (χ1n) is 17.4. The van der Waals surface area contributed by atoms with Gasteiger partial charge < -0.3 is 25.5 Å². The van der Waals surface area contributed by atoms with Crippen LogP contribution < -0.4 is 20.8 Å². The van der Waals surface area contributed by atoms with Crippen LogP contribution in [0.3, 0.4) is 0 Å². The number of hydrogen-bond acceptors (Lipinski definition) is 7. The van der Waals surface area contributed by atoms with Crippen molar-refractivity contribution in [3.8, 4) is 16.9 Å². The number of amides is 1. The van der Waals surface area contributed by atoms with Crippen LogP contribution in [0.1, 0.15) is 85.3 Å². The minimum absolute atomic E-state index is 0.0676. The summed E-state index contributed by atoms with van der Waals surface area (Å²) in [5.41, 5.74) is 12.7. The summed E-state index contributed by atoms with van der Waals surface area (Å²) in [7, 11) is -0.0865. The lowest BCUT2D eigenvalue weighted by Crippen LogP contribution is -2.43. The van der Waals surface area contributed by atoms with Crippen molar-refractivity contribution in [1.29, 1.82) is 0 Å². The van der Waals surface area contributed by atoms with E-state index in [0.717, 1.165) is 77.0 Å². The summed E-state index contributed by atoms with van der Waals surface area (Å²) in [6.07, 6.45) is 11.5. The summed E-state index contributed by atoms with van der Waals surface area (Å²) in [5, 5.41) is 16.1. The van der Waals surface area contributed by atoms with E-state index >= 15 is 0 Å². The molecule has 12 heteroatoms.